The van der Waals surface area contributed by atoms with Gasteiger partial charge in [-0.05, 0) is 44.0 Å². The van der Waals surface area contributed by atoms with Gasteiger partial charge in [0.1, 0.15) is 5.82 Å². The van der Waals surface area contributed by atoms with Crippen LogP contribution in [0.15, 0.2) is 33.3 Å². The smallest absolute Gasteiger partial charge is 0.259 e. The molecular formula is C17H13BrFN3O2. The third-order valence-corrected chi connectivity index (χ3v) is 4.55. The molecule has 2 heterocycles. The number of hydrogen-bond donors (Lipinski definition) is 1. The van der Waals surface area contributed by atoms with E-state index >= 15 is 0 Å². The first-order valence-corrected chi connectivity index (χ1v) is 8.35. The van der Waals surface area contributed by atoms with Crippen molar-refractivity contribution in [3.8, 4) is 0 Å². The van der Waals surface area contributed by atoms with Crippen molar-refractivity contribution >= 4 is 38.6 Å². The van der Waals surface area contributed by atoms with E-state index in [-0.39, 0.29) is 5.69 Å². The topological polar surface area (TPSA) is 68.0 Å². The number of carbonyl (C=O) groups is 1. The van der Waals surface area contributed by atoms with E-state index in [1.807, 2.05) is 0 Å². The van der Waals surface area contributed by atoms with Crippen molar-refractivity contribution in [3.63, 3.8) is 0 Å². The second-order valence-electron chi connectivity index (χ2n) is 5.90. The molecule has 3 aromatic rings. The third-order valence-electron chi connectivity index (χ3n) is 4.06. The second-order valence-corrected chi connectivity index (χ2v) is 6.81. The zero-order valence-electron chi connectivity index (χ0n) is 12.8. The van der Waals surface area contributed by atoms with E-state index < -0.39 is 11.7 Å². The average molecular weight is 390 g/mol. The summed E-state index contributed by atoms with van der Waals surface area (Å²) < 4.78 is 19.8. The number of carbonyl (C=O) groups excluding carboxylic acids is 1. The van der Waals surface area contributed by atoms with Crippen LogP contribution in [0.4, 0.5) is 10.1 Å². The summed E-state index contributed by atoms with van der Waals surface area (Å²) in [6, 6.07) is 6.24. The molecule has 24 heavy (non-hydrogen) atoms. The van der Waals surface area contributed by atoms with E-state index in [0.29, 0.717) is 32.7 Å². The van der Waals surface area contributed by atoms with Crippen LogP contribution in [-0.4, -0.2) is 16.0 Å². The van der Waals surface area contributed by atoms with Gasteiger partial charge in [0, 0.05) is 16.1 Å². The number of amides is 1. The SMILES string of the molecule is Cc1noc2nc(C3CC3)cc(C(=O)Nc3ccc(Br)cc3F)c12. The molecule has 0 aliphatic heterocycles. The van der Waals surface area contributed by atoms with Gasteiger partial charge in [0.25, 0.3) is 11.6 Å². The highest BCUT2D eigenvalue weighted by atomic mass is 79.9. The normalized spacial score (nSPS) is 14.1. The molecule has 1 saturated carbocycles. The minimum absolute atomic E-state index is 0.121. The summed E-state index contributed by atoms with van der Waals surface area (Å²) in [4.78, 5) is 17.2. The summed E-state index contributed by atoms with van der Waals surface area (Å²) in [5.41, 5.74) is 2.28. The number of nitrogens with zero attached hydrogens (tertiary/aromatic N) is 2. The summed E-state index contributed by atoms with van der Waals surface area (Å²) in [5.74, 6) is -0.555. The highest BCUT2D eigenvalue weighted by molar-refractivity contribution is 9.10. The summed E-state index contributed by atoms with van der Waals surface area (Å²) in [7, 11) is 0. The van der Waals surface area contributed by atoms with E-state index in [2.05, 4.69) is 31.4 Å². The predicted molar refractivity (Wildman–Crippen MR) is 90.6 cm³/mol. The maximum Gasteiger partial charge on any atom is 0.259 e. The number of aromatic nitrogens is 2. The van der Waals surface area contributed by atoms with Crippen molar-refractivity contribution in [1.29, 1.82) is 0 Å². The molecule has 0 saturated heterocycles. The van der Waals surface area contributed by atoms with Crippen LogP contribution in [0.1, 0.15) is 40.5 Å². The van der Waals surface area contributed by atoms with Crippen molar-refractivity contribution in [1.82, 2.24) is 10.1 Å². The fourth-order valence-electron chi connectivity index (χ4n) is 2.66. The number of nitrogens with one attached hydrogen (secondary N) is 1. The van der Waals surface area contributed by atoms with E-state index in [4.69, 9.17) is 4.52 Å². The Hall–Kier alpha value is -2.28. The van der Waals surface area contributed by atoms with Crippen LogP contribution < -0.4 is 5.32 Å². The van der Waals surface area contributed by atoms with Crippen LogP contribution in [0.3, 0.4) is 0 Å². The number of anilines is 1. The van der Waals surface area contributed by atoms with Crippen LogP contribution in [0.5, 0.6) is 0 Å². The lowest BCUT2D eigenvalue weighted by Gasteiger charge is -2.09. The zero-order valence-corrected chi connectivity index (χ0v) is 14.4. The fourth-order valence-corrected chi connectivity index (χ4v) is 2.99. The standard InChI is InChI=1S/C17H13BrFN3O2/c1-8-15-11(7-14(9-2-3-9)21-17(15)24-22-8)16(23)20-13-5-4-10(18)6-12(13)19/h4-7,9H,2-3H2,1H3,(H,20,23). The highest BCUT2D eigenvalue weighted by Crippen LogP contribution is 2.40. The van der Waals surface area contributed by atoms with Gasteiger partial charge in [-0.2, -0.15) is 0 Å². The molecule has 1 N–H and O–H groups in total. The maximum absolute atomic E-state index is 14.0. The van der Waals surface area contributed by atoms with Crippen LogP contribution in [0, 0.1) is 12.7 Å². The molecule has 122 valence electrons. The Labute approximate surface area is 145 Å². The van der Waals surface area contributed by atoms with Crippen LogP contribution in [0.2, 0.25) is 0 Å². The van der Waals surface area contributed by atoms with Crippen LogP contribution >= 0.6 is 15.9 Å². The van der Waals surface area contributed by atoms with Gasteiger partial charge in [0.2, 0.25) is 0 Å². The van der Waals surface area contributed by atoms with Gasteiger partial charge in [-0.15, -0.1) is 0 Å². The van der Waals surface area contributed by atoms with Crippen molar-refractivity contribution in [2.75, 3.05) is 5.32 Å². The number of pyridine rings is 1. The van der Waals surface area contributed by atoms with Gasteiger partial charge in [0.05, 0.1) is 22.3 Å². The van der Waals surface area contributed by atoms with E-state index in [0.717, 1.165) is 18.5 Å². The van der Waals surface area contributed by atoms with Gasteiger partial charge in [-0.25, -0.2) is 9.37 Å². The first kappa shape index (κ1) is 15.3. The van der Waals surface area contributed by atoms with E-state index in [1.165, 1.54) is 12.1 Å². The minimum atomic E-state index is -0.507. The average Bonchev–Trinajstić information content (AvgIpc) is 3.33. The highest BCUT2D eigenvalue weighted by Gasteiger charge is 2.28. The van der Waals surface area contributed by atoms with Gasteiger partial charge < -0.3 is 9.84 Å². The zero-order chi connectivity index (χ0) is 16.8. The molecule has 0 atom stereocenters. The molecular weight excluding hydrogens is 377 g/mol. The first-order valence-electron chi connectivity index (χ1n) is 7.56. The fraction of sp³-hybridized carbons (Fsp3) is 0.235. The minimum Gasteiger partial charge on any atom is -0.336 e. The Kier molecular flexibility index (Phi) is 3.60. The summed E-state index contributed by atoms with van der Waals surface area (Å²) in [6.07, 6.45) is 2.10. The Morgan fingerprint density at radius 2 is 2.17 bits per heavy atom. The molecule has 5 nitrogen and oxygen atoms in total. The van der Waals surface area contributed by atoms with Crippen molar-refractivity contribution in [3.05, 3.63) is 51.5 Å². The molecule has 4 rings (SSSR count). The first-order chi connectivity index (χ1) is 11.5. The van der Waals surface area contributed by atoms with Crippen LogP contribution in [0.25, 0.3) is 11.1 Å². The molecule has 0 radical (unpaired) electrons. The third kappa shape index (κ3) is 2.69. The lowest BCUT2D eigenvalue weighted by atomic mass is 10.1. The summed E-state index contributed by atoms with van der Waals surface area (Å²) in [6.45, 7) is 1.75. The van der Waals surface area contributed by atoms with E-state index in [1.54, 1.807) is 19.1 Å². The number of hydrogen-bond acceptors (Lipinski definition) is 4. The van der Waals surface area contributed by atoms with Gasteiger partial charge >= 0.3 is 0 Å². The molecule has 7 heteroatoms. The lowest BCUT2D eigenvalue weighted by Crippen LogP contribution is -2.14. The van der Waals surface area contributed by atoms with Gasteiger partial charge in [0.15, 0.2) is 0 Å². The number of halogens is 2. The molecule has 2 aromatic heterocycles. The molecule has 1 aliphatic rings. The predicted octanol–water partition coefficient (Wildman–Crippen LogP) is 4.56. The quantitative estimate of drug-likeness (QED) is 0.712. The Morgan fingerprint density at radius 1 is 1.38 bits per heavy atom. The molecule has 1 aromatic carbocycles. The molecule has 0 spiro atoms. The Bertz CT molecular complexity index is 966. The number of fused-ring (bicyclic) bond motifs is 1. The van der Waals surface area contributed by atoms with Gasteiger partial charge in [-0.3, -0.25) is 4.79 Å². The van der Waals surface area contributed by atoms with Crippen molar-refractivity contribution in [2.45, 2.75) is 25.7 Å². The Balaban J connectivity index is 1.76. The lowest BCUT2D eigenvalue weighted by molar-refractivity contribution is 0.102. The molecule has 0 bridgehead atoms. The second kappa shape index (κ2) is 5.66. The number of aryl methyl sites for hydroxylation is 1. The van der Waals surface area contributed by atoms with Crippen LogP contribution in [-0.2, 0) is 0 Å². The maximum atomic E-state index is 14.0. The summed E-state index contributed by atoms with van der Waals surface area (Å²) >= 11 is 3.20. The molecule has 0 unspecified atom stereocenters. The molecule has 1 fully saturated rings. The van der Waals surface area contributed by atoms with Gasteiger partial charge in [-0.1, -0.05) is 21.1 Å². The molecule has 1 aliphatic carbocycles. The van der Waals surface area contributed by atoms with E-state index in [9.17, 15) is 9.18 Å². The number of benzene rings is 1. The summed E-state index contributed by atoms with van der Waals surface area (Å²) in [5, 5.41) is 7.08. The molecule has 1 amide bonds. The van der Waals surface area contributed by atoms with Crippen molar-refractivity contribution < 1.29 is 13.7 Å². The number of rotatable bonds is 3. The monoisotopic (exact) mass is 389 g/mol. The Morgan fingerprint density at radius 3 is 2.88 bits per heavy atom. The largest absolute Gasteiger partial charge is 0.336 e. The van der Waals surface area contributed by atoms with Crippen molar-refractivity contribution in [2.24, 2.45) is 0 Å².